The van der Waals surface area contributed by atoms with E-state index in [-0.39, 0.29) is 11.8 Å². The van der Waals surface area contributed by atoms with E-state index in [0.717, 1.165) is 0 Å². The minimum atomic E-state index is -0.499. The van der Waals surface area contributed by atoms with Crippen LogP contribution in [-0.4, -0.2) is 31.0 Å². The largest absolute Gasteiger partial charge is 0.497 e. The lowest BCUT2D eigenvalue weighted by Crippen LogP contribution is -2.62. The third kappa shape index (κ3) is 2.41. The molecule has 1 aliphatic rings. The molecule has 2 rings (SSSR count). The van der Waals surface area contributed by atoms with Crippen LogP contribution in [0.3, 0.4) is 0 Å². The summed E-state index contributed by atoms with van der Waals surface area (Å²) in [5.41, 5.74) is 0.693. The lowest BCUT2D eigenvalue weighted by atomic mass is 10.0. The molecule has 1 N–H and O–H groups in total. The second-order valence-corrected chi connectivity index (χ2v) is 4.56. The van der Waals surface area contributed by atoms with Gasteiger partial charge in [0.05, 0.1) is 7.11 Å². The maximum Gasteiger partial charge on any atom is 0.250 e. The van der Waals surface area contributed by atoms with Crippen LogP contribution in [-0.2, 0) is 9.59 Å². The molecule has 0 spiro atoms. The summed E-state index contributed by atoms with van der Waals surface area (Å²) < 4.78 is 5.16. The molecule has 1 aromatic carbocycles. The molecule has 0 saturated carbocycles. The van der Waals surface area contributed by atoms with Gasteiger partial charge in [-0.2, -0.15) is 0 Å². The molecule has 1 aliphatic heterocycles. The molecule has 1 aromatic rings. The summed E-state index contributed by atoms with van der Waals surface area (Å²) >= 11 is 0. The molecule has 19 heavy (non-hydrogen) atoms. The van der Waals surface area contributed by atoms with Crippen molar-refractivity contribution in [2.75, 3.05) is 12.0 Å². The Labute approximate surface area is 112 Å². The third-order valence-electron chi connectivity index (χ3n) is 3.30. The predicted molar refractivity (Wildman–Crippen MR) is 72.2 cm³/mol. The van der Waals surface area contributed by atoms with Crippen LogP contribution in [0, 0.1) is 0 Å². The lowest BCUT2D eigenvalue weighted by Gasteiger charge is -2.37. The lowest BCUT2D eigenvalue weighted by molar-refractivity contribution is -0.133. The van der Waals surface area contributed by atoms with E-state index < -0.39 is 12.1 Å². The highest BCUT2D eigenvalue weighted by Crippen LogP contribution is 2.26. The fraction of sp³-hybridized carbons (Fsp3) is 0.429. The second-order valence-electron chi connectivity index (χ2n) is 4.56. The first-order valence-corrected chi connectivity index (χ1v) is 6.36. The summed E-state index contributed by atoms with van der Waals surface area (Å²) in [6.45, 7) is 3.58. The van der Waals surface area contributed by atoms with Gasteiger partial charge in [0.1, 0.15) is 17.8 Å². The fourth-order valence-electron chi connectivity index (χ4n) is 2.29. The van der Waals surface area contributed by atoms with Gasteiger partial charge in [-0.1, -0.05) is 13.0 Å². The van der Waals surface area contributed by atoms with E-state index in [1.807, 2.05) is 25.1 Å². The maximum absolute atomic E-state index is 12.3. The van der Waals surface area contributed by atoms with E-state index in [2.05, 4.69) is 5.32 Å². The first-order chi connectivity index (χ1) is 9.08. The molecule has 2 amide bonds. The van der Waals surface area contributed by atoms with E-state index in [4.69, 9.17) is 4.74 Å². The standard InChI is InChI=1S/C14H18N2O3/c1-4-12-13(17)15-9(2)14(18)16(12)10-6-5-7-11(8-10)19-3/h5-9,12H,4H2,1-3H3,(H,15,17). The predicted octanol–water partition coefficient (Wildman–Crippen LogP) is 1.33. The van der Waals surface area contributed by atoms with Crippen LogP contribution in [0.1, 0.15) is 20.3 Å². The third-order valence-corrected chi connectivity index (χ3v) is 3.30. The summed E-state index contributed by atoms with van der Waals surface area (Å²) in [5.74, 6) is 0.455. The average molecular weight is 262 g/mol. The highest BCUT2D eigenvalue weighted by atomic mass is 16.5. The van der Waals surface area contributed by atoms with Crippen LogP contribution < -0.4 is 15.0 Å². The Morgan fingerprint density at radius 1 is 1.37 bits per heavy atom. The molecule has 5 heteroatoms. The van der Waals surface area contributed by atoms with E-state index in [0.29, 0.717) is 17.9 Å². The Morgan fingerprint density at radius 3 is 2.74 bits per heavy atom. The van der Waals surface area contributed by atoms with Gasteiger partial charge in [0.2, 0.25) is 11.8 Å². The maximum atomic E-state index is 12.3. The Balaban J connectivity index is 2.42. The van der Waals surface area contributed by atoms with E-state index in [1.54, 1.807) is 25.0 Å². The molecule has 5 nitrogen and oxygen atoms in total. The van der Waals surface area contributed by atoms with Gasteiger partial charge in [0, 0.05) is 11.8 Å². The molecule has 1 saturated heterocycles. The number of hydrogen-bond acceptors (Lipinski definition) is 3. The van der Waals surface area contributed by atoms with Crippen LogP contribution in [0.4, 0.5) is 5.69 Å². The van der Waals surface area contributed by atoms with Crippen molar-refractivity contribution in [1.82, 2.24) is 5.32 Å². The topological polar surface area (TPSA) is 58.6 Å². The summed E-state index contributed by atoms with van der Waals surface area (Å²) in [7, 11) is 1.57. The molecule has 2 atom stereocenters. The van der Waals surface area contributed by atoms with Gasteiger partial charge in [-0.3, -0.25) is 14.5 Å². The monoisotopic (exact) mass is 262 g/mol. The molecule has 0 radical (unpaired) electrons. The number of anilines is 1. The summed E-state index contributed by atoms with van der Waals surface area (Å²) in [6.07, 6.45) is 0.571. The highest BCUT2D eigenvalue weighted by Gasteiger charge is 2.38. The summed E-state index contributed by atoms with van der Waals surface area (Å²) in [5, 5.41) is 2.70. The van der Waals surface area contributed by atoms with E-state index >= 15 is 0 Å². The number of carbonyl (C=O) groups excluding carboxylic acids is 2. The van der Waals surface area contributed by atoms with Crippen LogP contribution >= 0.6 is 0 Å². The van der Waals surface area contributed by atoms with Gasteiger partial charge in [-0.05, 0) is 25.5 Å². The normalized spacial score (nSPS) is 23.2. The van der Waals surface area contributed by atoms with Crippen LogP contribution in [0.2, 0.25) is 0 Å². The van der Waals surface area contributed by atoms with Crippen molar-refractivity contribution in [2.24, 2.45) is 0 Å². The summed E-state index contributed by atoms with van der Waals surface area (Å²) in [6, 6.07) is 6.24. The minimum Gasteiger partial charge on any atom is -0.497 e. The van der Waals surface area contributed by atoms with Crippen molar-refractivity contribution >= 4 is 17.5 Å². The number of piperazine rings is 1. The Kier molecular flexibility index (Phi) is 3.74. The second kappa shape index (κ2) is 5.30. The van der Waals surface area contributed by atoms with Gasteiger partial charge in [0.15, 0.2) is 0 Å². The number of rotatable bonds is 3. The number of hydrogen-bond donors (Lipinski definition) is 1. The van der Waals surface area contributed by atoms with Crippen LogP contribution in [0.15, 0.2) is 24.3 Å². The van der Waals surface area contributed by atoms with Gasteiger partial charge < -0.3 is 10.1 Å². The van der Waals surface area contributed by atoms with Crippen molar-refractivity contribution in [1.29, 1.82) is 0 Å². The molecule has 0 bridgehead atoms. The van der Waals surface area contributed by atoms with Crippen molar-refractivity contribution in [3.8, 4) is 5.75 Å². The molecular weight excluding hydrogens is 244 g/mol. The van der Waals surface area contributed by atoms with Gasteiger partial charge in [-0.15, -0.1) is 0 Å². The average Bonchev–Trinajstić information content (AvgIpc) is 2.42. The number of ether oxygens (including phenoxy) is 1. The zero-order chi connectivity index (χ0) is 14.0. The van der Waals surface area contributed by atoms with Crippen molar-refractivity contribution in [2.45, 2.75) is 32.4 Å². The number of methoxy groups -OCH3 is 1. The highest BCUT2D eigenvalue weighted by molar-refractivity contribution is 6.08. The molecule has 102 valence electrons. The first-order valence-electron chi connectivity index (χ1n) is 6.36. The summed E-state index contributed by atoms with van der Waals surface area (Å²) in [4.78, 5) is 25.9. The molecule has 0 aliphatic carbocycles. The minimum absolute atomic E-state index is 0.0975. The van der Waals surface area contributed by atoms with Crippen molar-refractivity contribution < 1.29 is 14.3 Å². The van der Waals surface area contributed by atoms with Crippen LogP contribution in [0.5, 0.6) is 5.75 Å². The zero-order valence-electron chi connectivity index (χ0n) is 11.3. The van der Waals surface area contributed by atoms with E-state index in [1.165, 1.54) is 0 Å². The molecule has 1 heterocycles. The number of nitrogens with zero attached hydrogens (tertiary/aromatic N) is 1. The van der Waals surface area contributed by atoms with Gasteiger partial charge in [-0.25, -0.2) is 0 Å². The fourth-order valence-corrected chi connectivity index (χ4v) is 2.29. The quantitative estimate of drug-likeness (QED) is 0.894. The molecule has 0 aromatic heterocycles. The van der Waals surface area contributed by atoms with Gasteiger partial charge >= 0.3 is 0 Å². The van der Waals surface area contributed by atoms with Crippen molar-refractivity contribution in [3.05, 3.63) is 24.3 Å². The smallest absolute Gasteiger partial charge is 0.250 e. The number of amides is 2. The number of benzene rings is 1. The zero-order valence-corrected chi connectivity index (χ0v) is 11.3. The van der Waals surface area contributed by atoms with E-state index in [9.17, 15) is 9.59 Å². The molecule has 1 fully saturated rings. The SMILES string of the molecule is CCC1C(=O)NC(C)C(=O)N1c1cccc(OC)c1. The number of nitrogens with one attached hydrogen (secondary N) is 1. The first kappa shape index (κ1) is 13.4. The van der Waals surface area contributed by atoms with Gasteiger partial charge in [0.25, 0.3) is 0 Å². The Hall–Kier alpha value is -2.04. The number of carbonyl (C=O) groups is 2. The van der Waals surface area contributed by atoms with Crippen molar-refractivity contribution in [3.63, 3.8) is 0 Å². The Morgan fingerprint density at radius 2 is 2.11 bits per heavy atom. The Bertz CT molecular complexity index is 501. The molecular formula is C14H18N2O3. The molecule has 2 unspecified atom stereocenters. The van der Waals surface area contributed by atoms with Crippen LogP contribution in [0.25, 0.3) is 0 Å².